The van der Waals surface area contributed by atoms with Gasteiger partial charge in [-0.25, -0.2) is 13.4 Å². The first kappa shape index (κ1) is 42.6. The van der Waals surface area contributed by atoms with E-state index in [4.69, 9.17) is 23.9 Å². The number of ether oxygens (including phenoxy) is 4. The van der Waals surface area contributed by atoms with Crippen LogP contribution in [0.25, 0.3) is 10.9 Å². The number of nitrogens with zero attached hydrogens (tertiary/aromatic N) is 2. The van der Waals surface area contributed by atoms with Crippen molar-refractivity contribution >= 4 is 55.8 Å². The topological polar surface area (TPSA) is 180 Å². The SMILES string of the molecule is COCc1ccc(C(=O)N[C@H]2CCCCC/C=C\[C@@H]3C[C@@]3(C(=O)NS(=O)(=O)C3CC3)CC(=O)[C@@H]3C[C@@H](Oc4cc(OC(C)C)nc5c(C)c(OC)ccc45)CN3C2=O)s1. The van der Waals surface area contributed by atoms with Crippen molar-refractivity contribution in [2.45, 2.75) is 121 Å². The summed E-state index contributed by atoms with van der Waals surface area (Å²) in [7, 11) is -0.704. The monoisotopic (exact) mass is 850 g/mol. The van der Waals surface area contributed by atoms with Crippen LogP contribution in [0, 0.1) is 18.3 Å². The van der Waals surface area contributed by atoms with Gasteiger partial charge in [-0.1, -0.05) is 25.0 Å². The lowest BCUT2D eigenvalue weighted by Gasteiger charge is -2.29. The van der Waals surface area contributed by atoms with Crippen molar-refractivity contribution in [1.82, 2.24) is 19.9 Å². The van der Waals surface area contributed by atoms with E-state index in [0.717, 1.165) is 29.7 Å². The van der Waals surface area contributed by atoms with Crippen molar-refractivity contribution in [3.05, 3.63) is 57.8 Å². The summed E-state index contributed by atoms with van der Waals surface area (Å²) in [6.07, 6.45) is 7.54. The number of carbonyl (C=O) groups is 4. The molecule has 7 rings (SSSR count). The number of aromatic nitrogens is 1. The molecule has 14 nitrogen and oxygen atoms in total. The third kappa shape index (κ3) is 9.44. The van der Waals surface area contributed by atoms with E-state index >= 15 is 0 Å². The molecular formula is C43H54N4O10S2. The zero-order chi connectivity index (χ0) is 42.1. The second-order valence-corrected chi connectivity index (χ2v) is 19.6. The van der Waals surface area contributed by atoms with Gasteiger partial charge in [0.25, 0.3) is 5.91 Å². The number of aryl methyl sites for hydroxylation is 1. The summed E-state index contributed by atoms with van der Waals surface area (Å²) in [5, 5.41) is 3.06. The Balaban J connectivity index is 1.22. The lowest BCUT2D eigenvalue weighted by molar-refractivity contribution is -0.140. The van der Waals surface area contributed by atoms with Crippen LogP contribution in [0.5, 0.6) is 17.4 Å². The molecule has 318 valence electrons. The van der Waals surface area contributed by atoms with Crippen LogP contribution >= 0.6 is 11.3 Å². The fourth-order valence-corrected chi connectivity index (χ4v) is 10.6. The third-order valence-electron chi connectivity index (χ3n) is 11.7. The molecule has 1 saturated heterocycles. The van der Waals surface area contributed by atoms with Gasteiger partial charge in [-0.3, -0.25) is 23.9 Å². The van der Waals surface area contributed by atoms with Crippen LogP contribution in [0.3, 0.4) is 0 Å². The van der Waals surface area contributed by atoms with Crippen LogP contribution in [-0.4, -0.2) is 92.1 Å². The summed E-state index contributed by atoms with van der Waals surface area (Å²) in [6, 6.07) is 6.95. The van der Waals surface area contributed by atoms with Crippen LogP contribution < -0.4 is 24.2 Å². The number of carbonyl (C=O) groups excluding carboxylic acids is 4. The maximum atomic E-state index is 14.8. The molecule has 2 aliphatic carbocycles. The largest absolute Gasteiger partial charge is 0.496 e. The van der Waals surface area contributed by atoms with Crippen LogP contribution in [0.4, 0.5) is 0 Å². The number of thiophene rings is 1. The number of hydrogen-bond acceptors (Lipinski definition) is 12. The Kier molecular flexibility index (Phi) is 12.7. The smallest absolute Gasteiger partial charge is 0.262 e. The fraction of sp³-hybridized carbons (Fsp3) is 0.558. The molecule has 0 bridgehead atoms. The molecule has 59 heavy (non-hydrogen) atoms. The Morgan fingerprint density at radius 3 is 2.58 bits per heavy atom. The number of methoxy groups -OCH3 is 2. The molecule has 1 aromatic carbocycles. The van der Waals surface area contributed by atoms with Gasteiger partial charge in [-0.15, -0.1) is 11.3 Å². The van der Waals surface area contributed by atoms with Gasteiger partial charge in [0.1, 0.15) is 23.6 Å². The number of sulfonamides is 1. The highest BCUT2D eigenvalue weighted by Gasteiger charge is 2.61. The Morgan fingerprint density at radius 2 is 1.85 bits per heavy atom. The molecule has 4 heterocycles. The van der Waals surface area contributed by atoms with Gasteiger partial charge in [0.05, 0.1) is 53.5 Å². The first-order valence-corrected chi connectivity index (χ1v) is 22.8. The highest BCUT2D eigenvalue weighted by molar-refractivity contribution is 7.90. The molecule has 2 N–H and O–H groups in total. The molecule has 5 atom stereocenters. The van der Waals surface area contributed by atoms with E-state index in [9.17, 15) is 27.6 Å². The molecule has 0 radical (unpaired) electrons. The molecule has 3 fully saturated rings. The second-order valence-electron chi connectivity index (χ2n) is 16.5. The predicted molar refractivity (Wildman–Crippen MR) is 222 cm³/mol. The van der Waals surface area contributed by atoms with Crippen molar-refractivity contribution in [1.29, 1.82) is 0 Å². The van der Waals surface area contributed by atoms with Crippen molar-refractivity contribution in [3.8, 4) is 17.4 Å². The normalized spacial score (nSPS) is 25.7. The maximum Gasteiger partial charge on any atom is 0.262 e. The fourth-order valence-electron chi connectivity index (χ4n) is 8.29. The molecule has 3 aromatic rings. The Labute approximate surface area is 349 Å². The van der Waals surface area contributed by atoms with E-state index in [-0.39, 0.29) is 37.2 Å². The number of hydrogen-bond donors (Lipinski definition) is 2. The van der Waals surface area contributed by atoms with Gasteiger partial charge in [-0.2, -0.15) is 0 Å². The molecule has 2 aromatic heterocycles. The minimum absolute atomic E-state index is 0.0243. The number of ketones is 1. The Bertz CT molecular complexity index is 2240. The predicted octanol–water partition coefficient (Wildman–Crippen LogP) is 5.79. The van der Waals surface area contributed by atoms with Crippen LogP contribution in [-0.2, 0) is 35.8 Å². The van der Waals surface area contributed by atoms with Crippen LogP contribution in [0.15, 0.2) is 42.5 Å². The maximum absolute atomic E-state index is 14.8. The first-order valence-electron chi connectivity index (χ1n) is 20.5. The Hall–Kier alpha value is -4.54. The van der Waals surface area contributed by atoms with Gasteiger partial charge < -0.3 is 29.2 Å². The van der Waals surface area contributed by atoms with Gasteiger partial charge in [-0.05, 0) is 89.5 Å². The molecular weight excluding hydrogens is 797 g/mol. The van der Waals surface area contributed by atoms with Crippen LogP contribution in [0.2, 0.25) is 0 Å². The summed E-state index contributed by atoms with van der Waals surface area (Å²) in [6.45, 7) is 6.06. The average molecular weight is 851 g/mol. The number of rotatable bonds is 12. The van der Waals surface area contributed by atoms with E-state index in [2.05, 4.69) is 10.0 Å². The number of pyridine rings is 1. The number of fused-ring (bicyclic) bond motifs is 3. The Morgan fingerprint density at radius 1 is 1.05 bits per heavy atom. The van der Waals surface area contributed by atoms with E-state index in [1.807, 2.05) is 51.1 Å². The van der Waals surface area contributed by atoms with Gasteiger partial charge in [0.15, 0.2) is 5.78 Å². The number of amides is 3. The summed E-state index contributed by atoms with van der Waals surface area (Å²) in [4.78, 5) is 64.7. The quantitative estimate of drug-likeness (QED) is 0.211. The summed E-state index contributed by atoms with van der Waals surface area (Å²) >= 11 is 1.28. The summed E-state index contributed by atoms with van der Waals surface area (Å²) < 4.78 is 51.8. The van der Waals surface area contributed by atoms with Gasteiger partial charge in [0.2, 0.25) is 27.7 Å². The minimum Gasteiger partial charge on any atom is -0.496 e. The van der Waals surface area contributed by atoms with Gasteiger partial charge >= 0.3 is 0 Å². The molecule has 16 heteroatoms. The van der Waals surface area contributed by atoms with Crippen molar-refractivity contribution in [2.75, 3.05) is 20.8 Å². The van der Waals surface area contributed by atoms with Crippen molar-refractivity contribution in [3.63, 3.8) is 0 Å². The first-order chi connectivity index (χ1) is 28.2. The highest BCUT2D eigenvalue weighted by atomic mass is 32.2. The second kappa shape index (κ2) is 17.6. The van der Waals surface area contributed by atoms with Crippen molar-refractivity contribution < 1.29 is 46.5 Å². The lowest BCUT2D eigenvalue weighted by atomic mass is 9.91. The van der Waals surface area contributed by atoms with E-state index in [1.165, 1.54) is 16.2 Å². The molecule has 3 amide bonds. The van der Waals surface area contributed by atoms with E-state index in [0.29, 0.717) is 71.9 Å². The zero-order valence-electron chi connectivity index (χ0n) is 34.3. The highest BCUT2D eigenvalue weighted by Crippen LogP contribution is 2.57. The summed E-state index contributed by atoms with van der Waals surface area (Å²) in [5.74, 6) is -0.763. The number of Topliss-reactive ketones (excluding diaryl/α,β-unsaturated/α-hetero) is 1. The average Bonchev–Trinajstić information content (AvgIpc) is 4.07. The molecule has 2 saturated carbocycles. The molecule has 4 aliphatic rings. The van der Waals surface area contributed by atoms with E-state index in [1.54, 1.807) is 26.4 Å². The molecule has 0 spiro atoms. The number of benzene rings is 1. The van der Waals surface area contributed by atoms with Crippen LogP contribution in [0.1, 0.15) is 98.2 Å². The van der Waals surface area contributed by atoms with Gasteiger partial charge in [0, 0.05) is 41.8 Å². The standard InChI is InChI=1S/C43H54N4O10S2/c1-25(2)56-38-20-36(31-16-17-35(55-5)26(3)39(31)45-38)57-28-19-33-34(48)22-43(42(51)46-59(52,53)30-14-15-30)21-27(43)11-9-7-6-8-10-12-32(41(50)47(33)23-28)44-40(49)37-18-13-29(58-37)24-54-4/h9,11,13,16-18,20,25,27-28,30,32-33H,6-8,10,12,14-15,19,21-24H2,1-5H3,(H,44,49)(H,46,51)/b11-9-/t27-,28-,32+,33+,43-/m1/s1. The summed E-state index contributed by atoms with van der Waals surface area (Å²) in [5.41, 5.74) is 0.133. The zero-order valence-corrected chi connectivity index (χ0v) is 35.9. The molecule has 0 unspecified atom stereocenters. The third-order valence-corrected chi connectivity index (χ3v) is 14.6. The van der Waals surface area contributed by atoms with E-state index < -0.39 is 56.6 Å². The van der Waals surface area contributed by atoms with Crippen molar-refractivity contribution in [2.24, 2.45) is 11.3 Å². The number of nitrogens with one attached hydrogen (secondary N) is 2. The minimum atomic E-state index is -3.87. The molecule has 2 aliphatic heterocycles. The lowest BCUT2D eigenvalue weighted by Crippen LogP contribution is -2.52. The number of allylic oxidation sites excluding steroid dienone is 2.